The van der Waals surface area contributed by atoms with E-state index in [9.17, 15) is 0 Å². The molecule has 1 aromatic carbocycles. The Morgan fingerprint density at radius 1 is 1.26 bits per heavy atom. The summed E-state index contributed by atoms with van der Waals surface area (Å²) in [6.07, 6.45) is 0. The van der Waals surface area contributed by atoms with Crippen LogP contribution in [-0.2, 0) is 10.2 Å². The van der Waals surface area contributed by atoms with Crippen LogP contribution in [0.4, 0.5) is 0 Å². The lowest BCUT2D eigenvalue weighted by atomic mass is 9.59. The Labute approximate surface area is 116 Å². The van der Waals surface area contributed by atoms with Crippen LogP contribution in [0.2, 0.25) is 0 Å². The highest BCUT2D eigenvalue weighted by Gasteiger charge is 2.52. The molecule has 0 radical (unpaired) electrons. The molecule has 0 saturated carbocycles. The molecule has 1 fully saturated rings. The van der Waals surface area contributed by atoms with E-state index < -0.39 is 0 Å². The summed E-state index contributed by atoms with van der Waals surface area (Å²) in [5.41, 5.74) is 9.92. The minimum atomic E-state index is 0.0248. The van der Waals surface area contributed by atoms with E-state index in [1.54, 1.807) is 7.11 Å². The normalized spacial score (nSPS) is 18.0. The zero-order valence-corrected chi connectivity index (χ0v) is 12.7. The van der Waals surface area contributed by atoms with Gasteiger partial charge in [-0.1, -0.05) is 19.9 Å². The van der Waals surface area contributed by atoms with Crippen LogP contribution in [0, 0.1) is 19.3 Å². The van der Waals surface area contributed by atoms with Crippen molar-refractivity contribution in [3.05, 3.63) is 28.8 Å². The molecule has 2 rings (SSSR count). The van der Waals surface area contributed by atoms with E-state index >= 15 is 0 Å². The molecule has 0 aliphatic carbocycles. The van der Waals surface area contributed by atoms with Crippen molar-refractivity contribution in [2.45, 2.75) is 33.1 Å². The van der Waals surface area contributed by atoms with Crippen LogP contribution in [0.5, 0.6) is 5.75 Å². The minimum absolute atomic E-state index is 0.0248. The summed E-state index contributed by atoms with van der Waals surface area (Å²) in [6.45, 7) is 10.9. The predicted molar refractivity (Wildman–Crippen MR) is 77.8 cm³/mol. The van der Waals surface area contributed by atoms with Gasteiger partial charge in [-0.05, 0) is 48.6 Å². The summed E-state index contributed by atoms with van der Waals surface area (Å²) < 4.78 is 10.9. The molecule has 1 aromatic rings. The van der Waals surface area contributed by atoms with Crippen molar-refractivity contribution in [1.29, 1.82) is 0 Å². The number of hydrogen-bond acceptors (Lipinski definition) is 3. The molecular weight excluding hydrogens is 238 g/mol. The summed E-state index contributed by atoms with van der Waals surface area (Å²) in [5.74, 6) is 0.946. The molecule has 0 atom stereocenters. The average Bonchev–Trinajstić information content (AvgIpc) is 2.33. The fourth-order valence-electron chi connectivity index (χ4n) is 2.95. The first kappa shape index (κ1) is 14.4. The summed E-state index contributed by atoms with van der Waals surface area (Å²) >= 11 is 0. The smallest absolute Gasteiger partial charge is 0.122 e. The predicted octanol–water partition coefficient (Wildman–Crippen LogP) is 2.56. The second-order valence-corrected chi connectivity index (χ2v) is 6.23. The topological polar surface area (TPSA) is 44.5 Å². The molecule has 0 bridgehead atoms. The Morgan fingerprint density at radius 2 is 1.89 bits per heavy atom. The maximum atomic E-state index is 6.00. The Hall–Kier alpha value is -1.06. The Bertz CT molecular complexity index is 476. The van der Waals surface area contributed by atoms with Gasteiger partial charge in [0, 0.05) is 5.41 Å². The molecule has 1 aliphatic rings. The lowest BCUT2D eigenvalue weighted by Gasteiger charge is -2.53. The lowest BCUT2D eigenvalue weighted by molar-refractivity contribution is -0.116. The van der Waals surface area contributed by atoms with Crippen LogP contribution in [-0.4, -0.2) is 26.9 Å². The third-order valence-corrected chi connectivity index (χ3v) is 4.98. The van der Waals surface area contributed by atoms with Crippen LogP contribution < -0.4 is 10.5 Å². The van der Waals surface area contributed by atoms with Gasteiger partial charge in [0.25, 0.3) is 0 Å². The van der Waals surface area contributed by atoms with Crippen molar-refractivity contribution in [2.24, 2.45) is 11.1 Å². The third kappa shape index (κ3) is 1.96. The van der Waals surface area contributed by atoms with Gasteiger partial charge in [-0.3, -0.25) is 0 Å². The molecule has 1 heterocycles. The number of rotatable bonds is 4. The van der Waals surface area contributed by atoms with Crippen LogP contribution in [0.3, 0.4) is 0 Å². The van der Waals surface area contributed by atoms with E-state index in [1.165, 1.54) is 16.7 Å². The number of hydrogen-bond donors (Lipinski definition) is 1. The van der Waals surface area contributed by atoms with Crippen molar-refractivity contribution in [3.63, 3.8) is 0 Å². The largest absolute Gasteiger partial charge is 0.496 e. The van der Waals surface area contributed by atoms with Crippen molar-refractivity contribution in [1.82, 2.24) is 0 Å². The van der Waals surface area contributed by atoms with Gasteiger partial charge < -0.3 is 15.2 Å². The first-order valence-corrected chi connectivity index (χ1v) is 6.82. The van der Waals surface area contributed by atoms with E-state index in [4.69, 9.17) is 15.2 Å². The van der Waals surface area contributed by atoms with E-state index in [0.717, 1.165) is 19.0 Å². The molecule has 0 amide bonds. The van der Waals surface area contributed by atoms with Crippen LogP contribution in [0.15, 0.2) is 12.1 Å². The number of methoxy groups -OCH3 is 1. The first-order chi connectivity index (χ1) is 8.89. The maximum Gasteiger partial charge on any atom is 0.122 e. The van der Waals surface area contributed by atoms with E-state index in [0.29, 0.717) is 6.54 Å². The second-order valence-electron chi connectivity index (χ2n) is 6.23. The molecule has 3 heteroatoms. The lowest BCUT2D eigenvalue weighted by Crippen LogP contribution is -2.59. The van der Waals surface area contributed by atoms with E-state index in [1.807, 2.05) is 0 Å². The third-order valence-electron chi connectivity index (χ3n) is 4.98. The zero-order valence-electron chi connectivity index (χ0n) is 12.7. The molecule has 1 saturated heterocycles. The molecule has 3 nitrogen and oxygen atoms in total. The van der Waals surface area contributed by atoms with Crippen LogP contribution in [0.25, 0.3) is 0 Å². The van der Waals surface area contributed by atoms with E-state index in [-0.39, 0.29) is 10.8 Å². The number of benzene rings is 1. The zero-order chi connectivity index (χ0) is 14.3. The van der Waals surface area contributed by atoms with Gasteiger partial charge in [-0.2, -0.15) is 0 Å². The molecule has 106 valence electrons. The Balaban J connectivity index is 2.54. The molecule has 0 aromatic heterocycles. The van der Waals surface area contributed by atoms with Gasteiger partial charge in [0.2, 0.25) is 0 Å². The highest BCUT2D eigenvalue weighted by Crippen LogP contribution is 2.48. The van der Waals surface area contributed by atoms with Crippen molar-refractivity contribution >= 4 is 0 Å². The van der Waals surface area contributed by atoms with Crippen molar-refractivity contribution in [3.8, 4) is 5.75 Å². The maximum absolute atomic E-state index is 6.00. The van der Waals surface area contributed by atoms with Gasteiger partial charge in [0.15, 0.2) is 0 Å². The fraction of sp³-hybridized carbons (Fsp3) is 0.625. The molecular formula is C16H25NO2. The van der Waals surface area contributed by atoms with Crippen LogP contribution in [0.1, 0.15) is 30.5 Å². The summed E-state index contributed by atoms with van der Waals surface area (Å²) in [5, 5.41) is 0. The fourth-order valence-corrected chi connectivity index (χ4v) is 2.95. The Morgan fingerprint density at radius 3 is 2.32 bits per heavy atom. The molecule has 0 unspecified atom stereocenters. The van der Waals surface area contributed by atoms with E-state index in [2.05, 4.69) is 39.8 Å². The minimum Gasteiger partial charge on any atom is -0.496 e. The highest BCUT2D eigenvalue weighted by atomic mass is 16.5. The van der Waals surface area contributed by atoms with Gasteiger partial charge in [-0.25, -0.2) is 0 Å². The SMILES string of the molecule is COc1ccc(C2(C(C)(C)CN)COC2)c(C)c1C. The standard InChI is InChI=1S/C16H25NO2/c1-11-12(2)14(18-5)7-6-13(11)16(9-19-10-16)15(3,4)8-17/h6-7H,8-10,17H2,1-5H3. The molecule has 0 spiro atoms. The average molecular weight is 263 g/mol. The summed E-state index contributed by atoms with van der Waals surface area (Å²) in [4.78, 5) is 0. The monoisotopic (exact) mass is 263 g/mol. The summed E-state index contributed by atoms with van der Waals surface area (Å²) in [6, 6.07) is 4.24. The van der Waals surface area contributed by atoms with Gasteiger partial charge >= 0.3 is 0 Å². The second kappa shape index (κ2) is 4.80. The summed E-state index contributed by atoms with van der Waals surface area (Å²) in [7, 11) is 1.72. The van der Waals surface area contributed by atoms with Gasteiger partial charge in [0.1, 0.15) is 5.75 Å². The Kier molecular flexibility index (Phi) is 3.63. The van der Waals surface area contributed by atoms with Crippen LogP contribution >= 0.6 is 0 Å². The molecule has 1 aliphatic heterocycles. The number of ether oxygens (including phenoxy) is 2. The van der Waals surface area contributed by atoms with Gasteiger partial charge in [0.05, 0.1) is 20.3 Å². The van der Waals surface area contributed by atoms with Gasteiger partial charge in [-0.15, -0.1) is 0 Å². The quantitative estimate of drug-likeness (QED) is 0.908. The molecule has 19 heavy (non-hydrogen) atoms. The molecule has 2 N–H and O–H groups in total. The van der Waals surface area contributed by atoms with Crippen molar-refractivity contribution in [2.75, 3.05) is 26.9 Å². The number of nitrogens with two attached hydrogens (primary N) is 1. The first-order valence-electron chi connectivity index (χ1n) is 6.82. The highest BCUT2D eigenvalue weighted by molar-refractivity contribution is 5.48. The van der Waals surface area contributed by atoms with Crippen molar-refractivity contribution < 1.29 is 9.47 Å².